The van der Waals surface area contributed by atoms with Gasteiger partial charge in [0.15, 0.2) is 0 Å². The first-order valence-electron chi connectivity index (χ1n) is 6.57. The van der Waals surface area contributed by atoms with Crippen LogP contribution >= 0.6 is 0 Å². The second-order valence-electron chi connectivity index (χ2n) is 5.87. The minimum absolute atomic E-state index is 0.116. The van der Waals surface area contributed by atoms with E-state index in [9.17, 15) is 0 Å². The number of nitrogens with one attached hydrogen (secondary N) is 1. The third-order valence-electron chi connectivity index (χ3n) is 2.83. The summed E-state index contributed by atoms with van der Waals surface area (Å²) < 4.78 is 0. The monoisotopic (exact) mass is 255 g/mol. The number of hydrogen-bond acceptors (Lipinski definition) is 3. The first-order valence-corrected chi connectivity index (χ1v) is 6.57. The Labute approximate surface area is 115 Å². The van der Waals surface area contributed by atoms with Crippen LogP contribution in [0.5, 0.6) is 0 Å². The quantitative estimate of drug-likeness (QED) is 0.914. The molecule has 0 aliphatic carbocycles. The van der Waals surface area contributed by atoms with E-state index in [0.717, 1.165) is 17.9 Å². The molecule has 0 aliphatic heterocycles. The fourth-order valence-corrected chi connectivity index (χ4v) is 1.77. The van der Waals surface area contributed by atoms with Crippen LogP contribution in [0.25, 0.3) is 11.4 Å². The molecule has 0 saturated heterocycles. The number of pyridine rings is 2. The number of nitrogens with zero attached hydrogens (tertiary/aromatic N) is 2. The van der Waals surface area contributed by atoms with Crippen molar-refractivity contribution in [2.24, 2.45) is 0 Å². The van der Waals surface area contributed by atoms with Crippen molar-refractivity contribution in [2.75, 3.05) is 0 Å². The Bertz CT molecular complexity index is 556. The van der Waals surface area contributed by atoms with Crippen molar-refractivity contribution in [1.82, 2.24) is 15.3 Å². The molecule has 2 aromatic heterocycles. The Morgan fingerprint density at radius 2 is 1.63 bits per heavy atom. The highest BCUT2D eigenvalue weighted by Gasteiger charge is 2.09. The van der Waals surface area contributed by atoms with Crippen LogP contribution in [0.1, 0.15) is 31.9 Å². The van der Waals surface area contributed by atoms with E-state index in [1.165, 1.54) is 11.1 Å². The van der Waals surface area contributed by atoms with E-state index in [4.69, 9.17) is 0 Å². The van der Waals surface area contributed by atoms with E-state index in [-0.39, 0.29) is 5.54 Å². The third-order valence-corrected chi connectivity index (χ3v) is 2.83. The zero-order chi connectivity index (χ0) is 13.9. The van der Waals surface area contributed by atoms with Crippen LogP contribution in [0.4, 0.5) is 0 Å². The van der Waals surface area contributed by atoms with Crippen LogP contribution in [-0.4, -0.2) is 15.5 Å². The van der Waals surface area contributed by atoms with Gasteiger partial charge in [-0.2, -0.15) is 0 Å². The summed E-state index contributed by atoms with van der Waals surface area (Å²) in [6.07, 6.45) is 3.67. The number of hydrogen-bond donors (Lipinski definition) is 1. The minimum Gasteiger partial charge on any atom is -0.308 e. The number of rotatable bonds is 3. The predicted molar refractivity (Wildman–Crippen MR) is 78.8 cm³/mol. The van der Waals surface area contributed by atoms with Gasteiger partial charge in [-0.3, -0.25) is 9.97 Å². The van der Waals surface area contributed by atoms with Gasteiger partial charge in [-0.15, -0.1) is 0 Å². The lowest BCUT2D eigenvalue weighted by Crippen LogP contribution is -2.35. The summed E-state index contributed by atoms with van der Waals surface area (Å²) >= 11 is 0. The standard InChI is InChI=1S/C16H21N3/c1-12-5-7-17-14(9-12)15-10-13(6-8-18-15)11-19-16(2,3)4/h5-10,19H,11H2,1-4H3. The largest absolute Gasteiger partial charge is 0.308 e. The average molecular weight is 255 g/mol. The van der Waals surface area contributed by atoms with E-state index in [1.807, 2.05) is 24.5 Å². The molecule has 0 bridgehead atoms. The van der Waals surface area contributed by atoms with E-state index in [1.54, 1.807) is 0 Å². The molecule has 0 spiro atoms. The Morgan fingerprint density at radius 3 is 2.26 bits per heavy atom. The molecular weight excluding hydrogens is 234 g/mol. The summed E-state index contributed by atoms with van der Waals surface area (Å²) in [7, 11) is 0. The second kappa shape index (κ2) is 5.49. The summed E-state index contributed by atoms with van der Waals surface area (Å²) in [6, 6.07) is 8.19. The van der Waals surface area contributed by atoms with Crippen LogP contribution in [-0.2, 0) is 6.54 Å². The summed E-state index contributed by atoms with van der Waals surface area (Å²) in [5.41, 5.74) is 4.40. The zero-order valence-corrected chi connectivity index (χ0v) is 12.1. The van der Waals surface area contributed by atoms with Gasteiger partial charge in [0.25, 0.3) is 0 Å². The smallest absolute Gasteiger partial charge is 0.0889 e. The maximum Gasteiger partial charge on any atom is 0.0889 e. The van der Waals surface area contributed by atoms with E-state index >= 15 is 0 Å². The summed E-state index contributed by atoms with van der Waals surface area (Å²) in [5.74, 6) is 0. The Hall–Kier alpha value is -1.74. The van der Waals surface area contributed by atoms with Gasteiger partial charge in [0.05, 0.1) is 11.4 Å². The minimum atomic E-state index is 0.116. The van der Waals surface area contributed by atoms with Crippen molar-refractivity contribution in [3.05, 3.63) is 47.8 Å². The van der Waals surface area contributed by atoms with Crippen LogP contribution in [0.15, 0.2) is 36.7 Å². The van der Waals surface area contributed by atoms with Gasteiger partial charge in [-0.25, -0.2) is 0 Å². The maximum atomic E-state index is 4.40. The first-order chi connectivity index (χ1) is 8.94. The normalized spacial score (nSPS) is 11.6. The van der Waals surface area contributed by atoms with Crippen LogP contribution in [0, 0.1) is 6.92 Å². The fourth-order valence-electron chi connectivity index (χ4n) is 1.77. The SMILES string of the molecule is Cc1ccnc(-c2cc(CNC(C)(C)C)ccn2)c1. The van der Waals surface area contributed by atoms with Gasteiger partial charge in [-0.05, 0) is 63.1 Å². The fraction of sp³-hybridized carbons (Fsp3) is 0.375. The molecule has 0 radical (unpaired) electrons. The van der Waals surface area contributed by atoms with Crippen molar-refractivity contribution >= 4 is 0 Å². The average Bonchev–Trinajstić information content (AvgIpc) is 2.36. The van der Waals surface area contributed by atoms with Crippen molar-refractivity contribution in [3.63, 3.8) is 0 Å². The number of aromatic nitrogens is 2. The second-order valence-corrected chi connectivity index (χ2v) is 5.87. The molecule has 0 unspecified atom stereocenters. The molecule has 2 rings (SSSR count). The van der Waals surface area contributed by atoms with Gasteiger partial charge in [-0.1, -0.05) is 0 Å². The molecule has 2 heterocycles. The highest BCUT2D eigenvalue weighted by molar-refractivity contribution is 5.55. The van der Waals surface area contributed by atoms with Crippen LogP contribution in [0.3, 0.4) is 0 Å². The zero-order valence-electron chi connectivity index (χ0n) is 12.1. The van der Waals surface area contributed by atoms with E-state index in [2.05, 4.69) is 55.1 Å². The predicted octanol–water partition coefficient (Wildman–Crippen LogP) is 3.34. The molecule has 19 heavy (non-hydrogen) atoms. The topological polar surface area (TPSA) is 37.8 Å². The first kappa shape index (κ1) is 13.7. The Balaban J connectivity index is 2.20. The lowest BCUT2D eigenvalue weighted by molar-refractivity contribution is 0.424. The van der Waals surface area contributed by atoms with Crippen LogP contribution < -0.4 is 5.32 Å². The van der Waals surface area contributed by atoms with Gasteiger partial charge in [0.1, 0.15) is 0 Å². The Kier molecular flexibility index (Phi) is 3.96. The highest BCUT2D eigenvalue weighted by Crippen LogP contribution is 2.16. The molecule has 2 aromatic rings. The van der Waals surface area contributed by atoms with Crippen molar-refractivity contribution in [3.8, 4) is 11.4 Å². The van der Waals surface area contributed by atoms with Crippen molar-refractivity contribution in [2.45, 2.75) is 39.8 Å². The van der Waals surface area contributed by atoms with Gasteiger partial charge in [0.2, 0.25) is 0 Å². The molecule has 1 N–H and O–H groups in total. The lowest BCUT2D eigenvalue weighted by atomic mass is 10.1. The molecule has 100 valence electrons. The molecule has 0 saturated carbocycles. The van der Waals surface area contributed by atoms with Crippen molar-refractivity contribution in [1.29, 1.82) is 0 Å². The third kappa shape index (κ3) is 4.14. The maximum absolute atomic E-state index is 4.40. The lowest BCUT2D eigenvalue weighted by Gasteiger charge is -2.20. The summed E-state index contributed by atoms with van der Waals surface area (Å²) in [5, 5.41) is 3.48. The molecule has 0 aromatic carbocycles. The van der Waals surface area contributed by atoms with Crippen molar-refractivity contribution < 1.29 is 0 Å². The molecule has 0 aliphatic rings. The molecular formula is C16H21N3. The summed E-state index contributed by atoms with van der Waals surface area (Å²) in [6.45, 7) is 9.40. The van der Waals surface area contributed by atoms with E-state index in [0.29, 0.717) is 0 Å². The molecule has 3 nitrogen and oxygen atoms in total. The van der Waals surface area contributed by atoms with E-state index < -0.39 is 0 Å². The number of aryl methyl sites for hydroxylation is 1. The summed E-state index contributed by atoms with van der Waals surface area (Å²) in [4.78, 5) is 8.78. The van der Waals surface area contributed by atoms with Gasteiger partial charge in [0, 0.05) is 24.5 Å². The molecule has 3 heteroatoms. The molecule has 0 fully saturated rings. The molecule has 0 atom stereocenters. The molecule has 0 amide bonds. The van der Waals surface area contributed by atoms with Crippen LogP contribution in [0.2, 0.25) is 0 Å². The Morgan fingerprint density at radius 1 is 1.00 bits per heavy atom. The van der Waals surface area contributed by atoms with Gasteiger partial charge < -0.3 is 5.32 Å². The highest BCUT2D eigenvalue weighted by atomic mass is 14.9. The van der Waals surface area contributed by atoms with Gasteiger partial charge >= 0.3 is 0 Å².